The molecule has 3 aliphatic rings. The number of benzene rings is 2. The van der Waals surface area contributed by atoms with Crippen LogP contribution < -0.4 is 10.0 Å². The molecule has 2 aromatic carbocycles. The first-order chi connectivity index (χ1) is 21.3. The van der Waals surface area contributed by atoms with Gasteiger partial charge >= 0.3 is 6.09 Å². The molecule has 2 aromatic rings. The van der Waals surface area contributed by atoms with Crippen molar-refractivity contribution in [2.45, 2.75) is 101 Å². The number of nitrogens with one attached hydrogen (secondary N) is 2. The van der Waals surface area contributed by atoms with Gasteiger partial charge in [0.1, 0.15) is 11.6 Å². The van der Waals surface area contributed by atoms with Crippen LogP contribution in [0.25, 0.3) is 10.8 Å². The molecule has 2 aliphatic heterocycles. The number of hydrogen-bond acceptors (Lipinski definition) is 7. The van der Waals surface area contributed by atoms with E-state index in [4.69, 9.17) is 4.74 Å². The Morgan fingerprint density at radius 2 is 1.73 bits per heavy atom. The second-order valence-corrected chi connectivity index (χ2v) is 15.1. The Morgan fingerprint density at radius 3 is 2.51 bits per heavy atom. The summed E-state index contributed by atoms with van der Waals surface area (Å²) in [6.45, 7) is 5.60. The maximum Gasteiger partial charge on any atom is 0.408 e. The van der Waals surface area contributed by atoms with E-state index in [2.05, 4.69) is 10.0 Å². The minimum absolute atomic E-state index is 0.00217. The molecule has 0 spiro atoms. The van der Waals surface area contributed by atoms with Gasteiger partial charge in [0.2, 0.25) is 11.8 Å². The molecule has 0 aromatic heterocycles. The topological polar surface area (TPSA) is 139 Å². The summed E-state index contributed by atoms with van der Waals surface area (Å²) in [4.78, 5) is 55.7. The van der Waals surface area contributed by atoms with Crippen molar-refractivity contribution in [3.63, 3.8) is 0 Å². The second-order valence-electron chi connectivity index (χ2n) is 13.5. The third-order valence-electron chi connectivity index (χ3n) is 8.97. The molecule has 11 heteroatoms. The highest BCUT2D eigenvalue weighted by molar-refractivity contribution is 7.90. The largest absolute Gasteiger partial charge is 0.444 e. The van der Waals surface area contributed by atoms with E-state index in [1.54, 1.807) is 51.1 Å². The maximum atomic E-state index is 13.9. The van der Waals surface area contributed by atoms with E-state index in [0.29, 0.717) is 44.0 Å². The Labute approximate surface area is 265 Å². The summed E-state index contributed by atoms with van der Waals surface area (Å²) in [6, 6.07) is 10.4. The third-order valence-corrected chi connectivity index (χ3v) is 10.4. The minimum Gasteiger partial charge on any atom is -0.444 e. The first-order valence-electron chi connectivity index (χ1n) is 15.9. The Balaban J connectivity index is 1.39. The van der Waals surface area contributed by atoms with Gasteiger partial charge in [-0.1, -0.05) is 61.4 Å². The third kappa shape index (κ3) is 7.40. The Hall–Kier alpha value is -3.73. The van der Waals surface area contributed by atoms with Crippen LogP contribution in [0.15, 0.2) is 59.5 Å². The summed E-state index contributed by atoms with van der Waals surface area (Å²) < 4.78 is 34.8. The van der Waals surface area contributed by atoms with Crippen LogP contribution in [0.1, 0.15) is 78.6 Å². The van der Waals surface area contributed by atoms with Gasteiger partial charge in [0.15, 0.2) is 5.78 Å². The van der Waals surface area contributed by atoms with Crippen molar-refractivity contribution < 1.29 is 32.3 Å². The molecule has 1 saturated carbocycles. The van der Waals surface area contributed by atoms with Crippen molar-refractivity contribution in [3.05, 3.63) is 54.6 Å². The molecule has 1 aliphatic carbocycles. The number of alkyl carbamates (subject to hydrolysis) is 1. The smallest absolute Gasteiger partial charge is 0.408 e. The van der Waals surface area contributed by atoms with Crippen LogP contribution in [0.3, 0.4) is 0 Å². The standard InChI is InChI=1S/C34H43N3O7S/c1-33(2,3)44-32(41)35-26-17-8-6-4-5-7-15-24-21-34(24,22-28(38)27-18-12-20-37(27)30(26)39)31(40)36-45(42,43)29-19-11-14-23-13-9-10-16-25(23)29/h7,9-11,13-16,19,24,26-27H,4-6,8,12,17-18,20-22H2,1-3H3,(H,35,41)(H,36,40)/b15-7-/t24-,26+,27+,34-/m1/s1. The molecule has 2 fully saturated rings. The highest BCUT2D eigenvalue weighted by atomic mass is 32.2. The van der Waals surface area contributed by atoms with E-state index >= 15 is 0 Å². The number of sulfonamides is 1. The minimum atomic E-state index is -4.24. The lowest BCUT2D eigenvalue weighted by Gasteiger charge is -2.30. The predicted octanol–water partition coefficient (Wildman–Crippen LogP) is 5.01. The van der Waals surface area contributed by atoms with Crippen molar-refractivity contribution in [2.75, 3.05) is 6.54 Å². The number of fused-ring (bicyclic) bond motifs is 3. The summed E-state index contributed by atoms with van der Waals surface area (Å²) >= 11 is 0. The van der Waals surface area contributed by atoms with Gasteiger partial charge in [-0.3, -0.25) is 14.4 Å². The summed E-state index contributed by atoms with van der Waals surface area (Å²) in [5.41, 5.74) is -1.96. The van der Waals surface area contributed by atoms with Crippen molar-refractivity contribution in [1.29, 1.82) is 0 Å². The lowest BCUT2D eigenvalue weighted by atomic mass is 9.91. The Kier molecular flexibility index (Phi) is 9.39. The van der Waals surface area contributed by atoms with Crippen LogP contribution in [0, 0.1) is 11.3 Å². The monoisotopic (exact) mass is 637 g/mol. The lowest BCUT2D eigenvalue weighted by molar-refractivity contribution is -0.140. The van der Waals surface area contributed by atoms with Gasteiger partial charge in [0, 0.05) is 18.4 Å². The molecule has 0 unspecified atom stereocenters. The first-order valence-corrected chi connectivity index (χ1v) is 17.3. The highest BCUT2D eigenvalue weighted by Gasteiger charge is 2.61. The molecule has 2 heterocycles. The molecular weight excluding hydrogens is 594 g/mol. The molecule has 1 saturated heterocycles. The average molecular weight is 638 g/mol. The van der Waals surface area contributed by atoms with Crippen molar-refractivity contribution >= 4 is 44.5 Å². The predicted molar refractivity (Wildman–Crippen MR) is 170 cm³/mol. The lowest BCUT2D eigenvalue weighted by Crippen LogP contribution is -2.52. The molecule has 0 radical (unpaired) electrons. The van der Waals surface area contributed by atoms with Gasteiger partial charge in [0.05, 0.1) is 16.4 Å². The van der Waals surface area contributed by atoms with Crippen molar-refractivity contribution in [3.8, 4) is 0 Å². The van der Waals surface area contributed by atoms with Crippen LogP contribution in [-0.2, 0) is 29.1 Å². The van der Waals surface area contributed by atoms with E-state index in [1.165, 1.54) is 11.0 Å². The van der Waals surface area contributed by atoms with Gasteiger partial charge in [0.25, 0.3) is 10.0 Å². The first kappa shape index (κ1) is 32.7. The van der Waals surface area contributed by atoms with Gasteiger partial charge in [-0.25, -0.2) is 17.9 Å². The number of nitrogens with zero attached hydrogens (tertiary/aromatic N) is 1. The van der Waals surface area contributed by atoms with Crippen LogP contribution in [0.4, 0.5) is 4.79 Å². The SMILES string of the molecule is CC(C)(C)OC(=O)N[C@H]1CCCCC/C=C\[C@@H]2C[C@@]2(C(=O)NS(=O)(=O)c2cccc3ccccc23)CC(=O)[C@@H]2CCCN2C1=O. The van der Waals surface area contributed by atoms with Crippen molar-refractivity contribution in [2.24, 2.45) is 11.3 Å². The van der Waals surface area contributed by atoms with E-state index in [-0.39, 0.29) is 28.9 Å². The second kappa shape index (κ2) is 12.9. The Bertz CT molecular complexity index is 1610. The molecule has 4 atom stereocenters. The van der Waals surface area contributed by atoms with Crippen LogP contribution in [-0.4, -0.2) is 61.2 Å². The number of hydrogen-bond donors (Lipinski definition) is 2. The number of carbonyl (C=O) groups is 4. The van der Waals surface area contributed by atoms with Crippen LogP contribution in [0.5, 0.6) is 0 Å². The average Bonchev–Trinajstić information content (AvgIpc) is 3.43. The zero-order valence-electron chi connectivity index (χ0n) is 26.2. The zero-order valence-corrected chi connectivity index (χ0v) is 27.0. The number of rotatable bonds is 4. The van der Waals surface area contributed by atoms with E-state index in [1.807, 2.05) is 18.2 Å². The maximum absolute atomic E-state index is 13.9. The Morgan fingerprint density at radius 1 is 0.978 bits per heavy atom. The van der Waals surface area contributed by atoms with Gasteiger partial charge in [-0.05, 0) is 76.7 Å². The fourth-order valence-electron chi connectivity index (χ4n) is 6.59. The number of ketones is 1. The summed E-state index contributed by atoms with van der Waals surface area (Å²) in [7, 11) is -4.24. The highest BCUT2D eigenvalue weighted by Crippen LogP contribution is 2.57. The molecule has 5 rings (SSSR count). The molecular formula is C34H43N3O7S. The quantitative estimate of drug-likeness (QED) is 0.449. The van der Waals surface area contributed by atoms with Gasteiger partial charge < -0.3 is 15.0 Å². The summed E-state index contributed by atoms with van der Waals surface area (Å²) in [5.74, 6) is -1.61. The summed E-state index contributed by atoms with van der Waals surface area (Å²) in [5, 5.41) is 3.96. The molecule has 45 heavy (non-hydrogen) atoms. The molecule has 0 bridgehead atoms. The van der Waals surface area contributed by atoms with Crippen LogP contribution in [0.2, 0.25) is 0 Å². The fourth-order valence-corrected chi connectivity index (χ4v) is 7.88. The number of ether oxygens (including phenoxy) is 1. The fraction of sp³-hybridized carbons (Fsp3) is 0.529. The summed E-state index contributed by atoms with van der Waals surface area (Å²) in [6.07, 6.45) is 7.98. The number of carbonyl (C=O) groups excluding carboxylic acids is 4. The van der Waals surface area contributed by atoms with E-state index in [0.717, 1.165) is 24.6 Å². The van der Waals surface area contributed by atoms with Gasteiger partial charge in [-0.2, -0.15) is 0 Å². The van der Waals surface area contributed by atoms with Crippen LogP contribution >= 0.6 is 0 Å². The molecule has 10 nitrogen and oxygen atoms in total. The molecule has 3 amide bonds. The van der Waals surface area contributed by atoms with Crippen molar-refractivity contribution in [1.82, 2.24) is 14.9 Å². The zero-order chi connectivity index (χ0) is 32.4. The molecule has 2 N–H and O–H groups in total. The normalized spacial score (nSPS) is 27.0. The van der Waals surface area contributed by atoms with Gasteiger partial charge in [-0.15, -0.1) is 0 Å². The number of Topliss-reactive ketones (excluding diaryl/α,β-unsaturated/α-hetero) is 1. The van der Waals surface area contributed by atoms with E-state index < -0.39 is 45.1 Å². The molecule has 242 valence electrons. The number of allylic oxidation sites excluding steroid dienone is 2. The number of amides is 3. The van der Waals surface area contributed by atoms with E-state index in [9.17, 15) is 27.6 Å².